The molecule has 0 fully saturated rings. The maximum absolute atomic E-state index is 12.3. The van der Waals surface area contributed by atoms with E-state index in [0.717, 1.165) is 16.9 Å². The molecule has 0 spiro atoms. The molecule has 2 aromatic rings. The lowest BCUT2D eigenvalue weighted by molar-refractivity contribution is -0.149. The first-order valence-electron chi connectivity index (χ1n) is 9.15. The van der Waals surface area contributed by atoms with Crippen LogP contribution in [0.15, 0.2) is 54.6 Å². The number of carbonyl (C=O) groups excluding carboxylic acids is 2. The van der Waals surface area contributed by atoms with Gasteiger partial charge >= 0.3 is 5.97 Å². The van der Waals surface area contributed by atoms with Crippen LogP contribution in [-0.2, 0) is 20.7 Å². The number of carbonyl (C=O) groups is 2. The topological polar surface area (TPSA) is 64.6 Å². The van der Waals surface area contributed by atoms with Gasteiger partial charge in [-0.25, -0.2) is 4.79 Å². The highest BCUT2D eigenvalue weighted by atomic mass is 16.6. The Morgan fingerprint density at radius 1 is 0.963 bits per heavy atom. The van der Waals surface area contributed by atoms with Crippen LogP contribution >= 0.6 is 0 Å². The van der Waals surface area contributed by atoms with E-state index >= 15 is 0 Å². The van der Waals surface area contributed by atoms with E-state index in [1.54, 1.807) is 0 Å². The normalized spacial score (nSPS) is 11.7. The zero-order valence-corrected chi connectivity index (χ0v) is 16.1. The molecule has 0 aliphatic carbocycles. The van der Waals surface area contributed by atoms with Crippen molar-refractivity contribution in [2.75, 3.05) is 13.2 Å². The third-order valence-electron chi connectivity index (χ3n) is 4.06. The fourth-order valence-corrected chi connectivity index (χ4v) is 2.53. The summed E-state index contributed by atoms with van der Waals surface area (Å²) in [5, 5.41) is 2.78. The summed E-state index contributed by atoms with van der Waals surface area (Å²) in [5.74, 6) is 0.00939. The van der Waals surface area contributed by atoms with Crippen LogP contribution in [0.4, 0.5) is 0 Å². The van der Waals surface area contributed by atoms with Gasteiger partial charge in [0.2, 0.25) is 5.91 Å². The first-order valence-corrected chi connectivity index (χ1v) is 9.15. The lowest BCUT2D eigenvalue weighted by atomic mass is 10.0. The Balaban J connectivity index is 1.78. The minimum absolute atomic E-state index is 0.0739. The van der Waals surface area contributed by atoms with Crippen molar-refractivity contribution < 1.29 is 19.1 Å². The minimum atomic E-state index is -0.680. The van der Waals surface area contributed by atoms with Crippen LogP contribution < -0.4 is 10.1 Å². The van der Waals surface area contributed by atoms with Crippen LogP contribution in [0.3, 0.4) is 0 Å². The number of esters is 1. The predicted octanol–water partition coefficient (Wildman–Crippen LogP) is 3.30. The molecule has 0 aliphatic rings. The summed E-state index contributed by atoms with van der Waals surface area (Å²) in [4.78, 5) is 24.6. The van der Waals surface area contributed by atoms with Crippen LogP contribution in [0.5, 0.6) is 5.75 Å². The molecule has 1 atom stereocenters. The molecule has 5 nitrogen and oxygen atoms in total. The second-order valence-corrected chi connectivity index (χ2v) is 6.78. The van der Waals surface area contributed by atoms with Crippen molar-refractivity contribution in [1.29, 1.82) is 0 Å². The van der Waals surface area contributed by atoms with Gasteiger partial charge in [0.25, 0.3) is 0 Å². The van der Waals surface area contributed by atoms with E-state index in [4.69, 9.17) is 9.47 Å². The smallest absolute Gasteiger partial charge is 0.329 e. The number of aryl methyl sites for hydroxylation is 1. The van der Waals surface area contributed by atoms with E-state index in [1.807, 2.05) is 75.4 Å². The van der Waals surface area contributed by atoms with Gasteiger partial charge < -0.3 is 14.8 Å². The SMILES string of the molecule is Cc1ccc(OCCOC(=O)[C@@H](NC(=O)Cc2ccccc2)C(C)C)cc1. The molecule has 144 valence electrons. The Morgan fingerprint density at radius 2 is 1.63 bits per heavy atom. The van der Waals surface area contributed by atoms with Crippen molar-refractivity contribution in [3.63, 3.8) is 0 Å². The summed E-state index contributed by atoms with van der Waals surface area (Å²) < 4.78 is 10.8. The summed E-state index contributed by atoms with van der Waals surface area (Å²) in [7, 11) is 0. The Bertz CT molecular complexity index is 726. The molecule has 0 aromatic heterocycles. The van der Waals surface area contributed by atoms with Crippen molar-refractivity contribution in [3.8, 4) is 5.75 Å². The largest absolute Gasteiger partial charge is 0.490 e. The fraction of sp³-hybridized carbons (Fsp3) is 0.364. The highest BCUT2D eigenvalue weighted by Gasteiger charge is 2.25. The van der Waals surface area contributed by atoms with Gasteiger partial charge in [-0.3, -0.25) is 4.79 Å². The Hall–Kier alpha value is -2.82. The monoisotopic (exact) mass is 369 g/mol. The summed E-state index contributed by atoms with van der Waals surface area (Å²) >= 11 is 0. The summed E-state index contributed by atoms with van der Waals surface area (Å²) in [6, 6.07) is 16.4. The van der Waals surface area contributed by atoms with Gasteiger partial charge in [-0.1, -0.05) is 61.9 Å². The predicted molar refractivity (Wildman–Crippen MR) is 105 cm³/mol. The highest BCUT2D eigenvalue weighted by molar-refractivity contribution is 5.85. The third kappa shape index (κ3) is 7.13. The summed E-state index contributed by atoms with van der Waals surface area (Å²) in [6.07, 6.45) is 0.230. The van der Waals surface area contributed by atoms with Crippen molar-refractivity contribution >= 4 is 11.9 Å². The number of hydrogen-bond acceptors (Lipinski definition) is 4. The van der Waals surface area contributed by atoms with Crippen LogP contribution in [0, 0.1) is 12.8 Å². The van der Waals surface area contributed by atoms with E-state index in [-0.39, 0.29) is 31.5 Å². The second-order valence-electron chi connectivity index (χ2n) is 6.78. The fourth-order valence-electron chi connectivity index (χ4n) is 2.53. The molecule has 0 saturated carbocycles. The van der Waals surface area contributed by atoms with Gasteiger partial charge in [0, 0.05) is 0 Å². The van der Waals surface area contributed by atoms with Gasteiger partial charge in [0.1, 0.15) is 25.0 Å². The van der Waals surface area contributed by atoms with E-state index in [1.165, 1.54) is 0 Å². The molecule has 1 amide bonds. The van der Waals surface area contributed by atoms with Crippen molar-refractivity contribution in [3.05, 3.63) is 65.7 Å². The summed E-state index contributed by atoms with van der Waals surface area (Å²) in [5.41, 5.74) is 2.05. The maximum atomic E-state index is 12.3. The quantitative estimate of drug-likeness (QED) is 0.544. The van der Waals surface area contributed by atoms with Crippen LogP contribution in [-0.4, -0.2) is 31.1 Å². The number of nitrogens with one attached hydrogen (secondary N) is 1. The zero-order chi connectivity index (χ0) is 19.6. The first-order chi connectivity index (χ1) is 13.0. The van der Waals surface area contributed by atoms with Gasteiger partial charge in [-0.15, -0.1) is 0 Å². The van der Waals surface area contributed by atoms with Gasteiger partial charge in [0.05, 0.1) is 6.42 Å². The average molecular weight is 369 g/mol. The van der Waals surface area contributed by atoms with Gasteiger partial charge in [0.15, 0.2) is 0 Å². The molecule has 5 heteroatoms. The highest BCUT2D eigenvalue weighted by Crippen LogP contribution is 2.11. The van der Waals surface area contributed by atoms with Crippen molar-refractivity contribution in [2.24, 2.45) is 5.92 Å². The molecule has 0 aliphatic heterocycles. The third-order valence-corrected chi connectivity index (χ3v) is 4.06. The van der Waals surface area contributed by atoms with Gasteiger partial charge in [-0.2, -0.15) is 0 Å². The number of amides is 1. The molecule has 27 heavy (non-hydrogen) atoms. The van der Waals surface area contributed by atoms with E-state index in [9.17, 15) is 9.59 Å². The van der Waals surface area contributed by atoms with Crippen LogP contribution in [0.25, 0.3) is 0 Å². The standard InChI is InChI=1S/C22H27NO4/c1-16(2)21(23-20(24)15-18-7-5-4-6-8-18)22(25)27-14-13-26-19-11-9-17(3)10-12-19/h4-12,16,21H,13-15H2,1-3H3,(H,23,24)/t21-/m0/s1. The lowest BCUT2D eigenvalue weighted by Gasteiger charge is -2.21. The molecular formula is C22H27NO4. The molecule has 1 N–H and O–H groups in total. The first kappa shape index (κ1) is 20.5. The summed E-state index contributed by atoms with van der Waals surface area (Å²) in [6.45, 7) is 6.14. The molecule has 0 heterocycles. The molecular weight excluding hydrogens is 342 g/mol. The average Bonchev–Trinajstić information content (AvgIpc) is 2.65. The van der Waals surface area contributed by atoms with Crippen LogP contribution in [0.2, 0.25) is 0 Å². The number of ether oxygens (including phenoxy) is 2. The second kappa shape index (κ2) is 10.4. The molecule has 2 rings (SSSR count). The Labute approximate surface area is 160 Å². The Morgan fingerprint density at radius 3 is 2.26 bits per heavy atom. The molecule has 0 unspecified atom stereocenters. The van der Waals surface area contributed by atoms with Crippen molar-refractivity contribution in [1.82, 2.24) is 5.32 Å². The van der Waals surface area contributed by atoms with Crippen LogP contribution in [0.1, 0.15) is 25.0 Å². The number of benzene rings is 2. The van der Waals surface area contributed by atoms with E-state index in [2.05, 4.69) is 5.32 Å². The van der Waals surface area contributed by atoms with Crippen molar-refractivity contribution in [2.45, 2.75) is 33.2 Å². The molecule has 0 bridgehead atoms. The molecule has 2 aromatic carbocycles. The van der Waals surface area contributed by atoms with E-state index in [0.29, 0.717) is 0 Å². The number of rotatable bonds is 9. The molecule has 0 radical (unpaired) electrons. The van der Waals surface area contributed by atoms with E-state index < -0.39 is 12.0 Å². The van der Waals surface area contributed by atoms with Gasteiger partial charge in [-0.05, 0) is 30.5 Å². The zero-order valence-electron chi connectivity index (χ0n) is 16.1. The lowest BCUT2D eigenvalue weighted by Crippen LogP contribution is -2.46. The minimum Gasteiger partial charge on any atom is -0.490 e. The maximum Gasteiger partial charge on any atom is 0.329 e. The molecule has 0 saturated heterocycles. The number of hydrogen-bond donors (Lipinski definition) is 1. The Kier molecular flexibility index (Phi) is 7.86.